The molecule has 0 spiro atoms. The molecule has 0 unspecified atom stereocenters. The van der Waals surface area contributed by atoms with Crippen molar-refractivity contribution < 1.29 is 14.7 Å². The number of Topliss-reactive ketones (excluding diaryl/α,β-unsaturated/α-hetero) is 1. The van der Waals surface area contributed by atoms with E-state index >= 15 is 0 Å². The summed E-state index contributed by atoms with van der Waals surface area (Å²) in [5.41, 5.74) is 0. The average molecular weight is 200 g/mol. The van der Waals surface area contributed by atoms with Gasteiger partial charge in [-0.2, -0.15) is 0 Å². The van der Waals surface area contributed by atoms with E-state index in [1.807, 2.05) is 0 Å². The highest BCUT2D eigenvalue weighted by Crippen LogP contribution is 1.83. The predicted molar refractivity (Wildman–Crippen MR) is 53.8 cm³/mol. The maximum absolute atomic E-state index is 10.5. The van der Waals surface area contributed by atoms with Crippen LogP contribution in [0.3, 0.4) is 0 Å². The van der Waals surface area contributed by atoms with E-state index < -0.39 is 5.97 Å². The van der Waals surface area contributed by atoms with Gasteiger partial charge in [-0.15, -0.1) is 0 Å². The molecule has 2 N–H and O–H groups in total. The second kappa shape index (κ2) is 8.37. The van der Waals surface area contributed by atoms with Crippen molar-refractivity contribution in [2.24, 2.45) is 4.99 Å². The number of nitrogens with zero attached hydrogens (tertiary/aromatic N) is 1. The third kappa shape index (κ3) is 10.8. The summed E-state index contributed by atoms with van der Waals surface area (Å²) in [6.07, 6.45) is 3.19. The van der Waals surface area contributed by atoms with E-state index in [2.05, 4.69) is 10.3 Å². The fraction of sp³-hybridized carbons (Fsp3) is 0.667. The number of rotatable bonds is 8. The Bertz CT molecular complexity index is 214. The predicted octanol–water partition coefficient (Wildman–Crippen LogP) is 0.101. The van der Waals surface area contributed by atoms with Gasteiger partial charge in [0.1, 0.15) is 12.3 Å². The summed E-state index contributed by atoms with van der Waals surface area (Å²) in [7, 11) is 0. The quantitative estimate of drug-likeness (QED) is 0.430. The number of carbonyl (C=O) groups excluding carboxylic acids is 1. The van der Waals surface area contributed by atoms with Gasteiger partial charge in [-0.05, 0) is 32.5 Å². The first-order chi connectivity index (χ1) is 6.63. The first kappa shape index (κ1) is 12.8. The number of unbranched alkanes of at least 4 members (excludes halogenated alkanes) is 1. The molecule has 0 aromatic rings. The lowest BCUT2D eigenvalue weighted by Crippen LogP contribution is -2.21. The lowest BCUT2D eigenvalue weighted by Gasteiger charge is -1.98. The number of aliphatic imine (C=N–C) groups is 1. The van der Waals surface area contributed by atoms with E-state index in [0.29, 0.717) is 6.54 Å². The van der Waals surface area contributed by atoms with Crippen molar-refractivity contribution in [3.63, 3.8) is 0 Å². The highest BCUT2D eigenvalue weighted by Gasteiger charge is 1.91. The Morgan fingerprint density at radius 3 is 2.79 bits per heavy atom. The Balaban J connectivity index is 3.17. The zero-order valence-electron chi connectivity index (χ0n) is 8.32. The lowest BCUT2D eigenvalue weighted by atomic mass is 10.3. The van der Waals surface area contributed by atoms with Crippen molar-refractivity contribution in [2.75, 3.05) is 19.6 Å². The van der Waals surface area contributed by atoms with Gasteiger partial charge in [-0.3, -0.25) is 14.6 Å². The number of hydrogen-bond acceptors (Lipinski definition) is 4. The largest absolute Gasteiger partial charge is 0.480 e. The minimum absolute atomic E-state index is 0.115. The van der Waals surface area contributed by atoms with Crippen LogP contribution in [0.25, 0.3) is 0 Å². The number of ketones is 1. The molecule has 14 heavy (non-hydrogen) atoms. The molecular weight excluding hydrogens is 184 g/mol. The molecule has 80 valence electrons. The van der Waals surface area contributed by atoms with Gasteiger partial charge in [0.05, 0.1) is 6.54 Å². The topological polar surface area (TPSA) is 78.8 Å². The summed E-state index contributed by atoms with van der Waals surface area (Å²) >= 11 is 0. The monoisotopic (exact) mass is 200 g/mol. The van der Waals surface area contributed by atoms with Crippen LogP contribution in [0.15, 0.2) is 4.99 Å². The van der Waals surface area contributed by atoms with E-state index in [1.54, 1.807) is 6.21 Å². The third-order valence-corrected chi connectivity index (χ3v) is 1.42. The highest BCUT2D eigenvalue weighted by molar-refractivity contribution is 5.77. The Kier molecular flexibility index (Phi) is 7.64. The molecule has 5 nitrogen and oxygen atoms in total. The minimum Gasteiger partial charge on any atom is -0.480 e. The zero-order valence-corrected chi connectivity index (χ0v) is 8.32. The van der Waals surface area contributed by atoms with E-state index in [9.17, 15) is 9.59 Å². The fourth-order valence-corrected chi connectivity index (χ4v) is 0.817. The molecule has 0 aromatic heterocycles. The molecule has 0 aliphatic rings. The number of nitrogens with one attached hydrogen (secondary N) is 1. The van der Waals surface area contributed by atoms with Crippen LogP contribution >= 0.6 is 0 Å². The molecule has 0 amide bonds. The van der Waals surface area contributed by atoms with Gasteiger partial charge in [-0.1, -0.05) is 0 Å². The van der Waals surface area contributed by atoms with Crippen molar-refractivity contribution in [3.05, 3.63) is 0 Å². The summed E-state index contributed by atoms with van der Waals surface area (Å²) < 4.78 is 0. The normalized spacial score (nSPS) is 10.6. The number of carboxylic acid groups (broad SMARTS) is 1. The summed E-state index contributed by atoms with van der Waals surface area (Å²) in [5.74, 6) is -0.805. The molecule has 0 atom stereocenters. The Morgan fingerprint density at radius 1 is 1.50 bits per heavy atom. The van der Waals surface area contributed by atoms with Gasteiger partial charge >= 0.3 is 5.97 Å². The minimum atomic E-state index is -0.920. The molecule has 0 bridgehead atoms. The third-order valence-electron chi connectivity index (χ3n) is 1.42. The second-order valence-electron chi connectivity index (χ2n) is 2.94. The molecular formula is C9H16N2O3. The smallest absolute Gasteiger partial charge is 0.325 e. The van der Waals surface area contributed by atoms with Crippen LogP contribution in [0.4, 0.5) is 0 Å². The zero-order chi connectivity index (χ0) is 10.8. The van der Waals surface area contributed by atoms with E-state index in [1.165, 1.54) is 6.92 Å². The first-order valence-electron chi connectivity index (χ1n) is 4.53. The number of carbonyl (C=O) groups is 2. The van der Waals surface area contributed by atoms with Crippen LogP contribution in [0, 0.1) is 0 Å². The lowest BCUT2D eigenvalue weighted by molar-refractivity contribution is -0.135. The molecule has 5 heteroatoms. The van der Waals surface area contributed by atoms with Crippen molar-refractivity contribution in [1.82, 2.24) is 5.32 Å². The van der Waals surface area contributed by atoms with Crippen molar-refractivity contribution >= 4 is 18.0 Å². The Hall–Kier alpha value is -1.23. The summed E-state index contributed by atoms with van der Waals surface area (Å²) in [6, 6.07) is 0. The molecule has 0 aliphatic carbocycles. The molecule has 0 saturated carbocycles. The maximum atomic E-state index is 10.5. The second-order valence-corrected chi connectivity index (χ2v) is 2.94. The molecule has 0 aromatic carbocycles. The first-order valence-corrected chi connectivity index (χ1v) is 4.53. The van der Waals surface area contributed by atoms with Crippen LogP contribution in [-0.2, 0) is 9.59 Å². The molecule has 0 heterocycles. The van der Waals surface area contributed by atoms with Crippen molar-refractivity contribution in [1.29, 1.82) is 0 Å². The van der Waals surface area contributed by atoms with Gasteiger partial charge in [0.25, 0.3) is 0 Å². The molecule has 0 fully saturated rings. The number of aliphatic carboxylic acids is 1. The standard InChI is InChI=1S/C9H16N2O3/c1-8(12)6-10-4-2-3-5-11-7-9(13)14/h5,10H,2-4,6-7H2,1H3,(H,13,14). The van der Waals surface area contributed by atoms with E-state index in [0.717, 1.165) is 19.4 Å². The molecule has 0 aliphatic heterocycles. The maximum Gasteiger partial charge on any atom is 0.325 e. The van der Waals surface area contributed by atoms with Crippen molar-refractivity contribution in [2.45, 2.75) is 19.8 Å². The van der Waals surface area contributed by atoms with Gasteiger partial charge in [-0.25, -0.2) is 0 Å². The van der Waals surface area contributed by atoms with E-state index in [-0.39, 0.29) is 12.3 Å². The van der Waals surface area contributed by atoms with Crippen LogP contribution in [0.1, 0.15) is 19.8 Å². The van der Waals surface area contributed by atoms with Gasteiger partial charge in [0, 0.05) is 0 Å². The summed E-state index contributed by atoms with van der Waals surface area (Å²) in [4.78, 5) is 24.2. The molecule has 0 radical (unpaired) electrons. The molecule has 0 rings (SSSR count). The molecule has 0 saturated heterocycles. The van der Waals surface area contributed by atoms with Crippen LogP contribution in [-0.4, -0.2) is 42.7 Å². The number of carboxylic acids is 1. The van der Waals surface area contributed by atoms with Crippen LogP contribution in [0.2, 0.25) is 0 Å². The average Bonchev–Trinajstić information content (AvgIpc) is 2.08. The Morgan fingerprint density at radius 2 is 2.21 bits per heavy atom. The van der Waals surface area contributed by atoms with Crippen molar-refractivity contribution in [3.8, 4) is 0 Å². The van der Waals surface area contributed by atoms with Gasteiger partial charge in [0.2, 0.25) is 0 Å². The Labute approximate surface area is 83.2 Å². The summed E-state index contributed by atoms with van der Waals surface area (Å²) in [5, 5.41) is 11.2. The SMILES string of the molecule is CC(=O)CNCCCC=NCC(=O)O. The van der Waals surface area contributed by atoms with Gasteiger partial charge in [0.15, 0.2) is 0 Å². The van der Waals surface area contributed by atoms with E-state index in [4.69, 9.17) is 5.11 Å². The number of hydrogen-bond donors (Lipinski definition) is 2. The van der Waals surface area contributed by atoms with Crippen LogP contribution in [0.5, 0.6) is 0 Å². The van der Waals surface area contributed by atoms with Crippen LogP contribution < -0.4 is 5.32 Å². The van der Waals surface area contributed by atoms with Gasteiger partial charge < -0.3 is 10.4 Å². The highest BCUT2D eigenvalue weighted by atomic mass is 16.4. The summed E-state index contributed by atoms with van der Waals surface area (Å²) in [6.45, 7) is 2.51. The fourth-order valence-electron chi connectivity index (χ4n) is 0.817.